The van der Waals surface area contributed by atoms with Crippen molar-refractivity contribution in [3.8, 4) is 0 Å². The number of hydrogen-bond donors (Lipinski definition) is 2. The van der Waals surface area contributed by atoms with Crippen LogP contribution in [0.25, 0.3) is 10.9 Å². The van der Waals surface area contributed by atoms with Gasteiger partial charge in [0.25, 0.3) is 0 Å². The third-order valence-corrected chi connectivity index (χ3v) is 7.19. The largest absolute Gasteiger partial charge is 0.361 e. The Balaban J connectivity index is 1.29. The van der Waals surface area contributed by atoms with E-state index in [2.05, 4.69) is 39.0 Å². The first-order valence-electron chi connectivity index (χ1n) is 9.56. The maximum Gasteiger partial charge on any atom is 0.240 e. The second-order valence-corrected chi connectivity index (χ2v) is 9.45. The summed E-state index contributed by atoms with van der Waals surface area (Å²) in [6.45, 7) is 2.78. The molecule has 0 aliphatic carbocycles. The third-order valence-electron chi connectivity index (χ3n) is 5.41. The summed E-state index contributed by atoms with van der Waals surface area (Å²) in [7, 11) is -3.50. The average Bonchev–Trinajstić information content (AvgIpc) is 3.11. The molecule has 4 rings (SSSR count). The first-order chi connectivity index (χ1) is 13.5. The number of H-pyrrole nitrogens is 1. The highest BCUT2D eigenvalue weighted by molar-refractivity contribution is 7.89. The number of nitrogens with one attached hydrogen (secondary N) is 2. The average molecular weight is 418 g/mol. The monoisotopic (exact) mass is 417 g/mol. The number of benzene rings is 2. The van der Waals surface area contributed by atoms with Gasteiger partial charge in [0.2, 0.25) is 10.0 Å². The summed E-state index contributed by atoms with van der Waals surface area (Å²) >= 11 is 5.85. The van der Waals surface area contributed by atoms with Crippen LogP contribution in [-0.2, 0) is 16.4 Å². The van der Waals surface area contributed by atoms with E-state index in [1.54, 1.807) is 24.3 Å². The molecule has 1 aromatic heterocycles. The normalized spacial score (nSPS) is 16.6. The smallest absolute Gasteiger partial charge is 0.240 e. The van der Waals surface area contributed by atoms with Crippen LogP contribution >= 0.6 is 11.6 Å². The number of aromatic nitrogens is 1. The van der Waals surface area contributed by atoms with Crippen molar-refractivity contribution in [2.24, 2.45) is 0 Å². The van der Waals surface area contributed by atoms with Gasteiger partial charge < -0.3 is 9.88 Å². The van der Waals surface area contributed by atoms with Gasteiger partial charge in [-0.05, 0) is 68.2 Å². The number of halogens is 1. The second-order valence-electron chi connectivity index (χ2n) is 7.30. The van der Waals surface area contributed by atoms with E-state index < -0.39 is 10.0 Å². The Morgan fingerprint density at radius 3 is 2.54 bits per heavy atom. The van der Waals surface area contributed by atoms with E-state index in [0.717, 1.165) is 38.9 Å². The molecule has 2 heterocycles. The van der Waals surface area contributed by atoms with E-state index in [1.165, 1.54) is 16.5 Å². The fraction of sp³-hybridized carbons (Fsp3) is 0.333. The van der Waals surface area contributed by atoms with Gasteiger partial charge in [-0.25, -0.2) is 13.1 Å². The molecule has 0 radical (unpaired) electrons. The van der Waals surface area contributed by atoms with Crippen molar-refractivity contribution in [1.82, 2.24) is 14.6 Å². The Labute approximate surface area is 170 Å². The number of piperidine rings is 1. The van der Waals surface area contributed by atoms with Crippen LogP contribution in [0.1, 0.15) is 18.4 Å². The van der Waals surface area contributed by atoms with Crippen molar-refractivity contribution < 1.29 is 8.42 Å². The highest BCUT2D eigenvalue weighted by Crippen LogP contribution is 2.20. The van der Waals surface area contributed by atoms with Crippen LogP contribution < -0.4 is 4.72 Å². The van der Waals surface area contributed by atoms with Crippen LogP contribution in [0, 0.1) is 0 Å². The molecule has 2 aromatic carbocycles. The molecule has 1 aliphatic rings. The highest BCUT2D eigenvalue weighted by atomic mass is 35.5. The van der Waals surface area contributed by atoms with Crippen molar-refractivity contribution in [2.45, 2.75) is 30.2 Å². The molecule has 7 heteroatoms. The minimum absolute atomic E-state index is 0.0231. The number of hydrogen-bond acceptors (Lipinski definition) is 3. The molecule has 0 unspecified atom stereocenters. The summed E-state index contributed by atoms with van der Waals surface area (Å²) in [5, 5.41) is 1.82. The van der Waals surface area contributed by atoms with Crippen molar-refractivity contribution in [1.29, 1.82) is 0 Å². The molecule has 2 N–H and O–H groups in total. The number of nitrogens with zero attached hydrogens (tertiary/aromatic N) is 1. The van der Waals surface area contributed by atoms with Gasteiger partial charge in [-0.15, -0.1) is 0 Å². The minimum Gasteiger partial charge on any atom is -0.361 e. The second kappa shape index (κ2) is 8.25. The van der Waals surface area contributed by atoms with E-state index in [9.17, 15) is 8.42 Å². The molecule has 148 valence electrons. The standard InChI is InChI=1S/C21H24ClN3O2S/c22-17-5-7-19(8-6-17)28(26,27)24-18-10-13-25(14-11-18)12-9-16-15-23-21-4-2-1-3-20(16)21/h1-8,15,18,23-24H,9-14H2. The number of para-hydroxylation sites is 1. The predicted octanol–water partition coefficient (Wildman–Crippen LogP) is 3.81. The SMILES string of the molecule is O=S(=O)(NC1CCN(CCc2c[nH]c3ccccc23)CC1)c1ccc(Cl)cc1. The maximum absolute atomic E-state index is 12.5. The minimum atomic E-state index is -3.50. The number of sulfonamides is 1. The Morgan fingerprint density at radius 1 is 1.07 bits per heavy atom. The van der Waals surface area contributed by atoms with E-state index >= 15 is 0 Å². The molecule has 28 heavy (non-hydrogen) atoms. The van der Waals surface area contributed by atoms with Crippen LogP contribution in [0.5, 0.6) is 0 Å². The summed E-state index contributed by atoms with van der Waals surface area (Å²) in [5.41, 5.74) is 2.51. The van der Waals surface area contributed by atoms with Crippen molar-refractivity contribution in [3.05, 3.63) is 65.3 Å². The molecule has 1 aliphatic heterocycles. The molecule has 0 atom stereocenters. The zero-order chi connectivity index (χ0) is 19.6. The van der Waals surface area contributed by atoms with E-state index in [-0.39, 0.29) is 10.9 Å². The lowest BCUT2D eigenvalue weighted by molar-refractivity contribution is 0.209. The predicted molar refractivity (Wildman–Crippen MR) is 113 cm³/mol. The number of likely N-dealkylation sites (tertiary alicyclic amines) is 1. The molecule has 0 saturated carbocycles. The number of rotatable bonds is 6. The molecular formula is C21H24ClN3O2S. The summed E-state index contributed by atoms with van der Waals surface area (Å²) in [6.07, 6.45) is 4.73. The first kappa shape index (κ1) is 19.5. The Morgan fingerprint density at radius 2 is 1.79 bits per heavy atom. The van der Waals surface area contributed by atoms with Crippen LogP contribution in [0.4, 0.5) is 0 Å². The van der Waals surface area contributed by atoms with Crippen molar-refractivity contribution in [3.63, 3.8) is 0 Å². The fourth-order valence-corrected chi connectivity index (χ4v) is 5.22. The molecule has 0 amide bonds. The van der Waals surface area contributed by atoms with Gasteiger partial charge >= 0.3 is 0 Å². The topological polar surface area (TPSA) is 65.2 Å². The molecule has 3 aromatic rings. The van der Waals surface area contributed by atoms with E-state index in [0.29, 0.717) is 5.02 Å². The summed E-state index contributed by atoms with van der Waals surface area (Å²) in [6, 6.07) is 14.6. The molecule has 0 spiro atoms. The Hall–Kier alpha value is -1.86. The molecule has 5 nitrogen and oxygen atoms in total. The highest BCUT2D eigenvalue weighted by Gasteiger charge is 2.24. The zero-order valence-corrected chi connectivity index (χ0v) is 17.1. The first-order valence-corrected chi connectivity index (χ1v) is 11.4. The van der Waals surface area contributed by atoms with Gasteiger partial charge in [0.1, 0.15) is 0 Å². The molecule has 0 bridgehead atoms. The van der Waals surface area contributed by atoms with Gasteiger partial charge in [0.15, 0.2) is 0 Å². The van der Waals surface area contributed by atoms with Crippen LogP contribution in [-0.4, -0.2) is 44.0 Å². The Bertz CT molecular complexity index is 1040. The van der Waals surface area contributed by atoms with Crippen LogP contribution in [0.15, 0.2) is 59.6 Å². The molecule has 1 fully saturated rings. The zero-order valence-electron chi connectivity index (χ0n) is 15.6. The summed E-state index contributed by atoms with van der Waals surface area (Å²) < 4.78 is 27.9. The third kappa shape index (κ3) is 4.41. The molecular weight excluding hydrogens is 394 g/mol. The Kier molecular flexibility index (Phi) is 5.73. The van der Waals surface area contributed by atoms with Gasteiger partial charge in [0, 0.05) is 34.7 Å². The van der Waals surface area contributed by atoms with Crippen molar-refractivity contribution >= 4 is 32.5 Å². The number of aromatic amines is 1. The summed E-state index contributed by atoms with van der Waals surface area (Å²) in [4.78, 5) is 6.00. The maximum atomic E-state index is 12.5. The van der Waals surface area contributed by atoms with Crippen molar-refractivity contribution in [2.75, 3.05) is 19.6 Å². The van der Waals surface area contributed by atoms with Crippen LogP contribution in [0.2, 0.25) is 5.02 Å². The quantitative estimate of drug-likeness (QED) is 0.641. The van der Waals surface area contributed by atoms with Crippen LogP contribution in [0.3, 0.4) is 0 Å². The number of fused-ring (bicyclic) bond motifs is 1. The van der Waals surface area contributed by atoms with Gasteiger partial charge in [-0.1, -0.05) is 29.8 Å². The fourth-order valence-electron chi connectivity index (χ4n) is 3.79. The lowest BCUT2D eigenvalue weighted by Gasteiger charge is -2.32. The molecule has 1 saturated heterocycles. The van der Waals surface area contributed by atoms with E-state index in [4.69, 9.17) is 11.6 Å². The summed E-state index contributed by atoms with van der Waals surface area (Å²) in [5.74, 6) is 0. The lowest BCUT2D eigenvalue weighted by Crippen LogP contribution is -2.45. The van der Waals surface area contributed by atoms with Gasteiger partial charge in [-0.3, -0.25) is 0 Å². The van der Waals surface area contributed by atoms with Gasteiger partial charge in [-0.2, -0.15) is 0 Å². The van der Waals surface area contributed by atoms with Gasteiger partial charge in [0.05, 0.1) is 4.90 Å². The lowest BCUT2D eigenvalue weighted by atomic mass is 10.0. The van der Waals surface area contributed by atoms with E-state index in [1.807, 2.05) is 6.07 Å².